The lowest BCUT2D eigenvalue weighted by molar-refractivity contribution is 0.0746. The summed E-state index contributed by atoms with van der Waals surface area (Å²) in [6, 6.07) is 18.0. The van der Waals surface area contributed by atoms with E-state index in [-0.39, 0.29) is 12.3 Å². The van der Waals surface area contributed by atoms with Gasteiger partial charge in [-0.1, -0.05) is 30.3 Å². The van der Waals surface area contributed by atoms with Crippen LogP contribution in [0, 0.1) is 18.3 Å². The Balaban J connectivity index is 1.69. The number of nitrogens with zero attached hydrogens (tertiary/aromatic N) is 3. The number of amides is 1. The van der Waals surface area contributed by atoms with Gasteiger partial charge in [-0.25, -0.2) is 0 Å². The van der Waals surface area contributed by atoms with Gasteiger partial charge in [0.05, 0.1) is 12.5 Å². The highest BCUT2D eigenvalue weighted by atomic mass is 16.2. The Bertz CT molecular complexity index is 770. The molecule has 0 bridgehead atoms. The van der Waals surface area contributed by atoms with Crippen molar-refractivity contribution in [3.8, 4) is 6.07 Å². The Labute approximate surface area is 142 Å². The molecule has 0 atom stereocenters. The third-order valence-electron chi connectivity index (χ3n) is 4.45. The van der Waals surface area contributed by atoms with Crippen LogP contribution in [0.3, 0.4) is 0 Å². The van der Waals surface area contributed by atoms with Crippen molar-refractivity contribution in [1.29, 1.82) is 5.26 Å². The molecule has 4 nitrogen and oxygen atoms in total. The van der Waals surface area contributed by atoms with Gasteiger partial charge in [0, 0.05) is 37.4 Å². The van der Waals surface area contributed by atoms with Gasteiger partial charge in [-0.15, -0.1) is 0 Å². The average molecular weight is 319 g/mol. The molecule has 0 N–H and O–H groups in total. The third-order valence-corrected chi connectivity index (χ3v) is 4.45. The molecule has 1 amide bonds. The fraction of sp³-hybridized carbons (Fsp3) is 0.300. The summed E-state index contributed by atoms with van der Waals surface area (Å²) >= 11 is 0. The van der Waals surface area contributed by atoms with Crippen molar-refractivity contribution in [2.45, 2.75) is 13.3 Å². The maximum Gasteiger partial charge on any atom is 0.254 e. The molecule has 0 spiro atoms. The van der Waals surface area contributed by atoms with Gasteiger partial charge in [0.25, 0.3) is 5.91 Å². The lowest BCUT2D eigenvalue weighted by atomic mass is 10.0. The minimum absolute atomic E-state index is 0.0322. The predicted octanol–water partition coefficient (Wildman–Crippen LogP) is 3.02. The van der Waals surface area contributed by atoms with E-state index in [4.69, 9.17) is 5.26 Å². The molecule has 2 aromatic rings. The van der Waals surface area contributed by atoms with Crippen molar-refractivity contribution in [2.75, 3.05) is 31.1 Å². The molecular weight excluding hydrogens is 298 g/mol. The number of hydrogen-bond acceptors (Lipinski definition) is 3. The van der Waals surface area contributed by atoms with E-state index < -0.39 is 0 Å². The van der Waals surface area contributed by atoms with Crippen molar-refractivity contribution in [2.24, 2.45) is 0 Å². The Hall–Kier alpha value is -2.80. The first-order valence-electron chi connectivity index (χ1n) is 8.25. The van der Waals surface area contributed by atoms with Gasteiger partial charge < -0.3 is 9.80 Å². The third kappa shape index (κ3) is 3.41. The van der Waals surface area contributed by atoms with Crippen molar-refractivity contribution >= 4 is 11.6 Å². The van der Waals surface area contributed by atoms with Gasteiger partial charge in [-0.2, -0.15) is 5.26 Å². The number of hydrogen-bond donors (Lipinski definition) is 0. The summed E-state index contributed by atoms with van der Waals surface area (Å²) in [4.78, 5) is 17.0. The molecule has 0 saturated carbocycles. The summed E-state index contributed by atoms with van der Waals surface area (Å²) in [6.45, 7) is 5.15. The van der Waals surface area contributed by atoms with Gasteiger partial charge in [0.15, 0.2) is 0 Å². The van der Waals surface area contributed by atoms with Crippen LogP contribution in [0.1, 0.15) is 21.5 Å². The Morgan fingerprint density at radius 2 is 1.83 bits per heavy atom. The molecule has 3 rings (SSSR count). The maximum absolute atomic E-state index is 12.8. The van der Waals surface area contributed by atoms with Gasteiger partial charge >= 0.3 is 0 Å². The molecule has 0 radical (unpaired) electrons. The van der Waals surface area contributed by atoms with Crippen LogP contribution in [0.2, 0.25) is 0 Å². The second-order valence-corrected chi connectivity index (χ2v) is 6.11. The molecule has 0 aliphatic carbocycles. The predicted molar refractivity (Wildman–Crippen MR) is 95.1 cm³/mol. The van der Waals surface area contributed by atoms with E-state index in [1.54, 1.807) is 0 Å². The number of rotatable bonds is 3. The van der Waals surface area contributed by atoms with Crippen molar-refractivity contribution in [3.05, 3.63) is 65.2 Å². The van der Waals surface area contributed by atoms with E-state index in [1.807, 2.05) is 29.2 Å². The summed E-state index contributed by atoms with van der Waals surface area (Å²) in [5.74, 6) is 0.0322. The fourth-order valence-corrected chi connectivity index (χ4v) is 3.13. The molecule has 1 fully saturated rings. The number of anilines is 1. The quantitative estimate of drug-likeness (QED) is 0.873. The first kappa shape index (κ1) is 16.1. The second kappa shape index (κ2) is 7.18. The summed E-state index contributed by atoms with van der Waals surface area (Å²) in [5.41, 5.74) is 3.93. The highest BCUT2D eigenvalue weighted by Crippen LogP contribution is 2.19. The molecule has 0 aromatic heterocycles. The summed E-state index contributed by atoms with van der Waals surface area (Å²) in [5, 5.41) is 8.94. The summed E-state index contributed by atoms with van der Waals surface area (Å²) in [6.07, 6.45) is 0.269. The number of piperazine rings is 1. The van der Waals surface area contributed by atoms with Crippen LogP contribution in [0.25, 0.3) is 0 Å². The van der Waals surface area contributed by atoms with Gasteiger partial charge in [0.1, 0.15) is 0 Å². The normalized spacial score (nSPS) is 14.3. The van der Waals surface area contributed by atoms with E-state index in [2.05, 4.69) is 42.2 Å². The first-order valence-corrected chi connectivity index (χ1v) is 8.25. The second-order valence-electron chi connectivity index (χ2n) is 6.11. The minimum atomic E-state index is 0.0322. The minimum Gasteiger partial charge on any atom is -0.368 e. The highest BCUT2D eigenvalue weighted by Gasteiger charge is 2.23. The van der Waals surface area contributed by atoms with Crippen molar-refractivity contribution in [3.63, 3.8) is 0 Å². The molecule has 4 heteroatoms. The largest absolute Gasteiger partial charge is 0.368 e. The zero-order valence-electron chi connectivity index (χ0n) is 13.9. The Morgan fingerprint density at radius 3 is 2.54 bits per heavy atom. The van der Waals surface area contributed by atoms with Crippen molar-refractivity contribution < 1.29 is 4.79 Å². The summed E-state index contributed by atoms with van der Waals surface area (Å²) in [7, 11) is 0. The smallest absolute Gasteiger partial charge is 0.254 e. The molecule has 1 aliphatic heterocycles. The number of carbonyl (C=O) groups excluding carboxylic acids is 1. The molecular formula is C20H21N3O. The Kier molecular flexibility index (Phi) is 4.81. The molecule has 1 heterocycles. The van der Waals surface area contributed by atoms with Crippen LogP contribution in [0.5, 0.6) is 0 Å². The van der Waals surface area contributed by atoms with Gasteiger partial charge in [-0.3, -0.25) is 4.79 Å². The zero-order chi connectivity index (χ0) is 16.9. The average Bonchev–Trinajstić information content (AvgIpc) is 2.62. The molecule has 1 saturated heterocycles. The number of carbonyl (C=O) groups is 1. The molecule has 24 heavy (non-hydrogen) atoms. The number of benzene rings is 2. The zero-order valence-corrected chi connectivity index (χ0v) is 13.9. The van der Waals surface area contributed by atoms with E-state index in [1.165, 1.54) is 11.3 Å². The van der Waals surface area contributed by atoms with Gasteiger partial charge in [0.2, 0.25) is 0 Å². The Morgan fingerprint density at radius 1 is 1.08 bits per heavy atom. The summed E-state index contributed by atoms with van der Waals surface area (Å²) < 4.78 is 0. The van der Waals surface area contributed by atoms with Crippen LogP contribution in [0.4, 0.5) is 5.69 Å². The molecule has 2 aromatic carbocycles. The molecule has 0 unspecified atom stereocenters. The van der Waals surface area contributed by atoms with E-state index in [9.17, 15) is 4.79 Å². The van der Waals surface area contributed by atoms with Crippen LogP contribution in [-0.4, -0.2) is 37.0 Å². The van der Waals surface area contributed by atoms with Crippen LogP contribution in [-0.2, 0) is 6.42 Å². The monoisotopic (exact) mass is 319 g/mol. The lowest BCUT2D eigenvalue weighted by Gasteiger charge is -2.36. The molecule has 1 aliphatic rings. The van der Waals surface area contributed by atoms with E-state index in [0.29, 0.717) is 18.7 Å². The van der Waals surface area contributed by atoms with E-state index >= 15 is 0 Å². The van der Waals surface area contributed by atoms with Crippen LogP contribution in [0.15, 0.2) is 48.5 Å². The number of aryl methyl sites for hydroxylation is 1. The first-order chi connectivity index (χ1) is 11.7. The van der Waals surface area contributed by atoms with E-state index in [0.717, 1.165) is 18.7 Å². The highest BCUT2D eigenvalue weighted by molar-refractivity contribution is 5.96. The number of nitriles is 1. The van der Waals surface area contributed by atoms with Crippen LogP contribution >= 0.6 is 0 Å². The fourth-order valence-electron chi connectivity index (χ4n) is 3.13. The molecule has 122 valence electrons. The van der Waals surface area contributed by atoms with Crippen molar-refractivity contribution in [1.82, 2.24) is 4.90 Å². The SMILES string of the molecule is Cc1cccc(N2CCN(C(=O)c3ccccc3CC#N)CC2)c1. The lowest BCUT2D eigenvalue weighted by Crippen LogP contribution is -2.49. The van der Waals surface area contributed by atoms with Gasteiger partial charge in [-0.05, 0) is 36.2 Å². The van der Waals surface area contributed by atoms with Crippen LogP contribution < -0.4 is 4.90 Å². The maximum atomic E-state index is 12.8. The topological polar surface area (TPSA) is 47.3 Å². The standard InChI is InChI=1S/C20H21N3O/c1-16-5-4-7-18(15-16)22-11-13-23(14-12-22)20(24)19-8-3-2-6-17(19)9-10-21/h2-8,15H,9,11-14H2,1H3.